The minimum absolute atomic E-state index is 0.0170. The van der Waals surface area contributed by atoms with Gasteiger partial charge in [0.15, 0.2) is 0 Å². The molecular weight excluding hydrogens is 251 g/mol. The molecule has 0 radical (unpaired) electrons. The van der Waals surface area contributed by atoms with E-state index in [1.807, 2.05) is 6.92 Å². The Balaban J connectivity index is 2.76. The highest BCUT2D eigenvalue weighted by Crippen LogP contribution is 2.30. The van der Waals surface area contributed by atoms with E-state index in [2.05, 4.69) is 26.1 Å². The maximum atomic E-state index is 12.5. The third kappa shape index (κ3) is 4.86. The first kappa shape index (κ1) is 16.0. The summed E-state index contributed by atoms with van der Waals surface area (Å²) in [5.41, 5.74) is 0.255. The number of halogens is 3. The van der Waals surface area contributed by atoms with Crippen LogP contribution in [0.5, 0.6) is 0 Å². The van der Waals surface area contributed by atoms with Crippen LogP contribution < -0.4 is 5.32 Å². The monoisotopic (exact) mass is 273 g/mol. The average Bonchev–Trinajstić information content (AvgIpc) is 2.27. The van der Waals surface area contributed by atoms with Crippen LogP contribution in [0, 0.1) is 0 Å². The molecule has 4 heteroatoms. The van der Waals surface area contributed by atoms with E-state index in [0.29, 0.717) is 0 Å². The summed E-state index contributed by atoms with van der Waals surface area (Å²) < 4.78 is 37.4. The van der Waals surface area contributed by atoms with Crippen molar-refractivity contribution in [3.63, 3.8) is 0 Å². The molecule has 1 N–H and O–H groups in total. The first-order valence-electron chi connectivity index (χ1n) is 6.60. The molecule has 1 atom stereocenters. The fraction of sp³-hybridized carbons (Fsp3) is 0.600. The molecule has 0 saturated heterocycles. The second kappa shape index (κ2) is 5.95. The Morgan fingerprint density at radius 2 is 1.63 bits per heavy atom. The third-order valence-electron chi connectivity index (χ3n) is 3.22. The summed E-state index contributed by atoms with van der Waals surface area (Å²) in [6.07, 6.45) is -2.17. The molecule has 1 nitrogen and oxygen atoms in total. The summed E-state index contributed by atoms with van der Waals surface area (Å²) >= 11 is 0. The molecule has 0 fully saturated rings. The Labute approximate surface area is 113 Å². The minimum atomic E-state index is -4.27. The summed E-state index contributed by atoms with van der Waals surface area (Å²) in [5.74, 6) is 0. The highest BCUT2D eigenvalue weighted by atomic mass is 19.4. The van der Waals surface area contributed by atoms with Crippen LogP contribution in [0.1, 0.15) is 57.7 Å². The van der Waals surface area contributed by atoms with Gasteiger partial charge in [0.05, 0.1) is 5.56 Å². The first-order chi connectivity index (χ1) is 8.65. The zero-order chi connectivity index (χ0) is 14.7. The van der Waals surface area contributed by atoms with Crippen molar-refractivity contribution in [1.82, 2.24) is 5.32 Å². The molecule has 1 unspecified atom stereocenters. The molecule has 0 amide bonds. The molecule has 19 heavy (non-hydrogen) atoms. The topological polar surface area (TPSA) is 12.0 Å². The Morgan fingerprint density at radius 3 is 2.05 bits per heavy atom. The molecular formula is C15H22F3N. The standard InChI is InChI=1S/C15H22F3N/c1-5-10-14(3,4)19-11(2)12-6-8-13(9-7-12)15(16,17)18/h6-9,11,19H,5,10H2,1-4H3. The molecule has 0 aromatic heterocycles. The SMILES string of the molecule is CCCC(C)(C)NC(C)c1ccc(C(F)(F)F)cc1. The molecule has 1 aromatic rings. The van der Waals surface area contributed by atoms with Gasteiger partial charge in [-0.1, -0.05) is 25.5 Å². The van der Waals surface area contributed by atoms with Crippen LogP contribution in [0.3, 0.4) is 0 Å². The highest BCUT2D eigenvalue weighted by molar-refractivity contribution is 5.26. The Kier molecular flexibility index (Phi) is 5.02. The lowest BCUT2D eigenvalue weighted by molar-refractivity contribution is -0.137. The van der Waals surface area contributed by atoms with E-state index in [1.54, 1.807) is 12.1 Å². The molecule has 1 rings (SSSR count). The Hall–Kier alpha value is -1.03. The number of hydrogen-bond acceptors (Lipinski definition) is 1. The lowest BCUT2D eigenvalue weighted by Crippen LogP contribution is -2.40. The van der Waals surface area contributed by atoms with Gasteiger partial charge in [0.1, 0.15) is 0 Å². The molecule has 1 aromatic carbocycles. The van der Waals surface area contributed by atoms with Crippen molar-refractivity contribution in [3.8, 4) is 0 Å². The summed E-state index contributed by atoms with van der Waals surface area (Å²) in [6, 6.07) is 5.40. The van der Waals surface area contributed by atoms with Crippen molar-refractivity contribution >= 4 is 0 Å². The van der Waals surface area contributed by atoms with Gasteiger partial charge in [-0.05, 0) is 44.9 Å². The fourth-order valence-corrected chi connectivity index (χ4v) is 2.33. The number of rotatable bonds is 5. The van der Waals surface area contributed by atoms with Gasteiger partial charge in [0.25, 0.3) is 0 Å². The van der Waals surface area contributed by atoms with Gasteiger partial charge < -0.3 is 5.32 Å². The quantitative estimate of drug-likeness (QED) is 0.801. The smallest absolute Gasteiger partial charge is 0.305 e. The second-order valence-electron chi connectivity index (χ2n) is 5.62. The van der Waals surface area contributed by atoms with E-state index in [4.69, 9.17) is 0 Å². The average molecular weight is 273 g/mol. The van der Waals surface area contributed by atoms with Crippen LogP contribution in [-0.4, -0.2) is 5.54 Å². The largest absolute Gasteiger partial charge is 0.416 e. The summed E-state index contributed by atoms with van der Waals surface area (Å²) in [6.45, 7) is 8.31. The minimum Gasteiger partial charge on any atom is -0.305 e. The van der Waals surface area contributed by atoms with Crippen LogP contribution >= 0.6 is 0 Å². The normalized spacial score (nSPS) is 14.5. The van der Waals surface area contributed by atoms with Crippen molar-refractivity contribution in [3.05, 3.63) is 35.4 Å². The lowest BCUT2D eigenvalue weighted by Gasteiger charge is -2.30. The van der Waals surface area contributed by atoms with E-state index < -0.39 is 11.7 Å². The third-order valence-corrected chi connectivity index (χ3v) is 3.22. The van der Waals surface area contributed by atoms with E-state index in [1.165, 1.54) is 0 Å². The molecule has 0 aliphatic rings. The number of benzene rings is 1. The molecule has 0 saturated carbocycles. The molecule has 0 aliphatic carbocycles. The fourth-order valence-electron chi connectivity index (χ4n) is 2.33. The van der Waals surface area contributed by atoms with Gasteiger partial charge in [0, 0.05) is 11.6 Å². The number of alkyl halides is 3. The van der Waals surface area contributed by atoms with Crippen LogP contribution in [0.25, 0.3) is 0 Å². The molecule has 0 bridgehead atoms. The van der Waals surface area contributed by atoms with Gasteiger partial charge in [0.2, 0.25) is 0 Å². The lowest BCUT2D eigenvalue weighted by atomic mass is 9.96. The van der Waals surface area contributed by atoms with Gasteiger partial charge in [-0.2, -0.15) is 13.2 Å². The zero-order valence-corrected chi connectivity index (χ0v) is 11.9. The number of hydrogen-bond donors (Lipinski definition) is 1. The summed E-state index contributed by atoms with van der Waals surface area (Å²) in [5, 5.41) is 3.45. The molecule has 0 aliphatic heterocycles. The van der Waals surface area contributed by atoms with Gasteiger partial charge >= 0.3 is 6.18 Å². The summed E-state index contributed by atoms with van der Waals surface area (Å²) in [7, 11) is 0. The Morgan fingerprint density at radius 1 is 1.11 bits per heavy atom. The predicted octanol–water partition coefficient (Wildman–Crippen LogP) is 4.93. The van der Waals surface area contributed by atoms with Crippen molar-refractivity contribution in [2.45, 2.75) is 58.3 Å². The maximum absolute atomic E-state index is 12.5. The van der Waals surface area contributed by atoms with Gasteiger partial charge in [-0.25, -0.2) is 0 Å². The van der Waals surface area contributed by atoms with Crippen LogP contribution in [-0.2, 0) is 6.18 Å². The summed E-state index contributed by atoms with van der Waals surface area (Å²) in [4.78, 5) is 0. The van der Waals surface area contributed by atoms with Crippen molar-refractivity contribution in [1.29, 1.82) is 0 Å². The molecule has 108 valence electrons. The van der Waals surface area contributed by atoms with Gasteiger partial charge in [-0.15, -0.1) is 0 Å². The Bertz CT molecular complexity index is 393. The molecule has 0 spiro atoms. The van der Waals surface area contributed by atoms with Gasteiger partial charge in [-0.3, -0.25) is 0 Å². The van der Waals surface area contributed by atoms with E-state index >= 15 is 0 Å². The van der Waals surface area contributed by atoms with E-state index in [0.717, 1.165) is 30.5 Å². The first-order valence-corrected chi connectivity index (χ1v) is 6.60. The van der Waals surface area contributed by atoms with Crippen LogP contribution in [0.4, 0.5) is 13.2 Å². The maximum Gasteiger partial charge on any atom is 0.416 e. The second-order valence-corrected chi connectivity index (χ2v) is 5.62. The molecule has 0 heterocycles. The van der Waals surface area contributed by atoms with Crippen LogP contribution in [0.15, 0.2) is 24.3 Å². The number of nitrogens with one attached hydrogen (secondary N) is 1. The van der Waals surface area contributed by atoms with Crippen molar-refractivity contribution < 1.29 is 13.2 Å². The zero-order valence-electron chi connectivity index (χ0n) is 11.9. The van der Waals surface area contributed by atoms with Crippen molar-refractivity contribution in [2.24, 2.45) is 0 Å². The predicted molar refractivity (Wildman–Crippen MR) is 72.0 cm³/mol. The van der Waals surface area contributed by atoms with E-state index in [-0.39, 0.29) is 11.6 Å². The van der Waals surface area contributed by atoms with Crippen molar-refractivity contribution in [2.75, 3.05) is 0 Å². The van der Waals surface area contributed by atoms with Crippen LogP contribution in [0.2, 0.25) is 0 Å². The van der Waals surface area contributed by atoms with E-state index in [9.17, 15) is 13.2 Å². The highest BCUT2D eigenvalue weighted by Gasteiger charge is 2.30.